The van der Waals surface area contributed by atoms with Gasteiger partial charge in [0.05, 0.1) is 12.2 Å². The number of amides is 1. The highest BCUT2D eigenvalue weighted by atomic mass is 16.5. The smallest absolute Gasteiger partial charge is 0.240 e. The average Bonchev–Trinajstić information content (AvgIpc) is 2.84. The zero-order valence-electron chi connectivity index (χ0n) is 13.0. The summed E-state index contributed by atoms with van der Waals surface area (Å²) in [7, 11) is 0. The molecule has 0 bridgehead atoms. The van der Waals surface area contributed by atoms with Crippen LogP contribution >= 0.6 is 0 Å². The normalized spacial score (nSPS) is 22.5. The molecule has 1 aromatic rings. The molecule has 1 aliphatic rings. The Morgan fingerprint density at radius 2 is 2.19 bits per heavy atom. The SMILES string of the molecule is CCCN(CC(=O)Nc1cc(C)no1)C1CCC(N)CC1. The van der Waals surface area contributed by atoms with Crippen molar-refractivity contribution in [2.75, 3.05) is 18.4 Å². The fourth-order valence-corrected chi connectivity index (χ4v) is 2.93. The molecule has 1 aromatic heterocycles. The van der Waals surface area contributed by atoms with Crippen molar-refractivity contribution in [3.8, 4) is 0 Å². The van der Waals surface area contributed by atoms with Crippen molar-refractivity contribution in [2.45, 2.75) is 58.0 Å². The number of nitrogens with zero attached hydrogens (tertiary/aromatic N) is 2. The van der Waals surface area contributed by atoms with E-state index in [1.807, 2.05) is 6.92 Å². The van der Waals surface area contributed by atoms with Crippen molar-refractivity contribution >= 4 is 11.8 Å². The molecule has 1 fully saturated rings. The quantitative estimate of drug-likeness (QED) is 0.837. The minimum Gasteiger partial charge on any atom is -0.338 e. The van der Waals surface area contributed by atoms with Crippen LogP contribution in [0.5, 0.6) is 0 Å². The summed E-state index contributed by atoms with van der Waals surface area (Å²) >= 11 is 0. The average molecular weight is 294 g/mol. The van der Waals surface area contributed by atoms with Gasteiger partial charge in [-0.25, -0.2) is 0 Å². The lowest BCUT2D eigenvalue weighted by molar-refractivity contribution is -0.118. The van der Waals surface area contributed by atoms with Crippen molar-refractivity contribution in [3.05, 3.63) is 11.8 Å². The van der Waals surface area contributed by atoms with Gasteiger partial charge in [-0.2, -0.15) is 0 Å². The van der Waals surface area contributed by atoms with E-state index >= 15 is 0 Å². The van der Waals surface area contributed by atoms with E-state index in [1.54, 1.807) is 6.07 Å². The Labute approximate surface area is 126 Å². The molecule has 0 atom stereocenters. The molecule has 6 nitrogen and oxygen atoms in total. The minimum absolute atomic E-state index is 0.0468. The Bertz CT molecular complexity index is 452. The van der Waals surface area contributed by atoms with E-state index in [-0.39, 0.29) is 5.91 Å². The second kappa shape index (κ2) is 7.56. The molecule has 0 unspecified atom stereocenters. The molecule has 1 aliphatic carbocycles. The molecule has 3 N–H and O–H groups in total. The van der Waals surface area contributed by atoms with E-state index in [0.717, 1.165) is 44.3 Å². The monoisotopic (exact) mass is 294 g/mol. The first-order valence-electron chi connectivity index (χ1n) is 7.81. The van der Waals surface area contributed by atoms with Gasteiger partial charge in [0, 0.05) is 18.2 Å². The zero-order valence-corrected chi connectivity index (χ0v) is 13.0. The van der Waals surface area contributed by atoms with E-state index in [2.05, 4.69) is 22.3 Å². The second-order valence-corrected chi connectivity index (χ2v) is 5.92. The van der Waals surface area contributed by atoms with Crippen LogP contribution in [0.2, 0.25) is 0 Å². The molecule has 1 saturated carbocycles. The summed E-state index contributed by atoms with van der Waals surface area (Å²) in [5.74, 6) is 0.370. The third-order valence-electron chi connectivity index (χ3n) is 4.01. The number of carbonyl (C=O) groups is 1. The third kappa shape index (κ3) is 4.82. The number of rotatable bonds is 6. The van der Waals surface area contributed by atoms with Crippen LogP contribution in [-0.2, 0) is 4.79 Å². The lowest BCUT2D eigenvalue weighted by Crippen LogP contribution is -2.44. The fraction of sp³-hybridized carbons (Fsp3) is 0.733. The van der Waals surface area contributed by atoms with Crippen LogP contribution in [0.1, 0.15) is 44.7 Å². The lowest BCUT2D eigenvalue weighted by atomic mass is 9.90. The van der Waals surface area contributed by atoms with Gasteiger partial charge in [0.2, 0.25) is 11.8 Å². The Kier molecular flexibility index (Phi) is 5.76. The Morgan fingerprint density at radius 1 is 1.48 bits per heavy atom. The summed E-state index contributed by atoms with van der Waals surface area (Å²) in [6.07, 6.45) is 5.30. The Hall–Kier alpha value is -1.40. The number of anilines is 1. The number of aryl methyl sites for hydroxylation is 1. The zero-order chi connectivity index (χ0) is 15.2. The minimum atomic E-state index is -0.0468. The largest absolute Gasteiger partial charge is 0.338 e. The number of carbonyl (C=O) groups excluding carboxylic acids is 1. The predicted octanol–water partition coefficient (Wildman–Crippen LogP) is 1.90. The highest BCUT2D eigenvalue weighted by molar-refractivity contribution is 5.90. The Balaban J connectivity index is 1.87. The molecule has 0 spiro atoms. The molecule has 1 heterocycles. The predicted molar refractivity (Wildman–Crippen MR) is 82.0 cm³/mol. The van der Waals surface area contributed by atoms with Gasteiger partial charge in [-0.15, -0.1) is 0 Å². The summed E-state index contributed by atoms with van der Waals surface area (Å²) in [6, 6.07) is 2.52. The highest BCUT2D eigenvalue weighted by Crippen LogP contribution is 2.22. The molecular formula is C15H26N4O2. The van der Waals surface area contributed by atoms with Gasteiger partial charge in [-0.05, 0) is 45.6 Å². The van der Waals surface area contributed by atoms with Crippen LogP contribution in [-0.4, -0.2) is 41.1 Å². The summed E-state index contributed by atoms with van der Waals surface area (Å²) in [4.78, 5) is 14.4. The Morgan fingerprint density at radius 3 is 2.76 bits per heavy atom. The van der Waals surface area contributed by atoms with Crippen LogP contribution in [0, 0.1) is 6.92 Å². The number of aromatic nitrogens is 1. The summed E-state index contributed by atoms with van der Waals surface area (Å²) < 4.78 is 5.02. The maximum Gasteiger partial charge on any atom is 0.240 e. The van der Waals surface area contributed by atoms with Crippen molar-refractivity contribution in [1.82, 2.24) is 10.1 Å². The molecular weight excluding hydrogens is 268 g/mol. The van der Waals surface area contributed by atoms with E-state index in [1.165, 1.54) is 0 Å². The maximum atomic E-state index is 12.1. The molecule has 0 radical (unpaired) electrons. The molecule has 0 aromatic carbocycles. The van der Waals surface area contributed by atoms with E-state index in [9.17, 15) is 4.79 Å². The summed E-state index contributed by atoms with van der Waals surface area (Å²) in [5.41, 5.74) is 6.72. The fourth-order valence-electron chi connectivity index (χ4n) is 2.93. The second-order valence-electron chi connectivity index (χ2n) is 5.92. The number of hydrogen-bond donors (Lipinski definition) is 2. The lowest BCUT2D eigenvalue weighted by Gasteiger charge is -2.35. The van der Waals surface area contributed by atoms with Gasteiger partial charge < -0.3 is 10.3 Å². The first-order chi connectivity index (χ1) is 10.1. The van der Waals surface area contributed by atoms with Crippen LogP contribution in [0.3, 0.4) is 0 Å². The topological polar surface area (TPSA) is 84.4 Å². The van der Waals surface area contributed by atoms with Gasteiger partial charge in [-0.3, -0.25) is 15.0 Å². The van der Waals surface area contributed by atoms with Crippen LogP contribution in [0.25, 0.3) is 0 Å². The van der Waals surface area contributed by atoms with Crippen molar-refractivity contribution in [2.24, 2.45) is 5.73 Å². The number of hydrogen-bond acceptors (Lipinski definition) is 5. The van der Waals surface area contributed by atoms with Crippen LogP contribution in [0.4, 0.5) is 5.88 Å². The summed E-state index contributed by atoms with van der Waals surface area (Å²) in [5, 5.41) is 6.53. The molecule has 21 heavy (non-hydrogen) atoms. The van der Waals surface area contributed by atoms with Gasteiger partial charge >= 0.3 is 0 Å². The third-order valence-corrected chi connectivity index (χ3v) is 4.01. The molecule has 0 saturated heterocycles. The van der Waals surface area contributed by atoms with Gasteiger partial charge in [0.25, 0.3) is 0 Å². The number of nitrogens with one attached hydrogen (secondary N) is 1. The number of nitrogens with two attached hydrogens (primary N) is 1. The maximum absolute atomic E-state index is 12.1. The van der Waals surface area contributed by atoms with E-state index in [4.69, 9.17) is 10.3 Å². The molecule has 118 valence electrons. The molecule has 6 heteroatoms. The standard InChI is InChI=1S/C15H26N4O2/c1-3-8-19(13-6-4-12(16)5-7-13)10-14(20)17-15-9-11(2)18-21-15/h9,12-13H,3-8,10,16H2,1-2H3,(H,17,20). The van der Waals surface area contributed by atoms with Crippen molar-refractivity contribution < 1.29 is 9.32 Å². The van der Waals surface area contributed by atoms with E-state index < -0.39 is 0 Å². The van der Waals surface area contributed by atoms with Gasteiger partial charge in [-0.1, -0.05) is 12.1 Å². The van der Waals surface area contributed by atoms with Crippen molar-refractivity contribution in [3.63, 3.8) is 0 Å². The first-order valence-corrected chi connectivity index (χ1v) is 7.81. The highest BCUT2D eigenvalue weighted by Gasteiger charge is 2.25. The summed E-state index contributed by atoms with van der Waals surface area (Å²) in [6.45, 7) is 5.29. The van der Waals surface area contributed by atoms with Crippen LogP contribution in [0.15, 0.2) is 10.6 Å². The van der Waals surface area contributed by atoms with Crippen LogP contribution < -0.4 is 11.1 Å². The molecule has 0 aliphatic heterocycles. The first kappa shape index (κ1) is 16.0. The van der Waals surface area contributed by atoms with Gasteiger partial charge in [0.1, 0.15) is 0 Å². The van der Waals surface area contributed by atoms with Gasteiger partial charge in [0.15, 0.2) is 0 Å². The molecule has 1 amide bonds. The van der Waals surface area contributed by atoms with E-state index in [0.29, 0.717) is 24.5 Å². The molecule has 2 rings (SSSR count). The van der Waals surface area contributed by atoms with Crippen molar-refractivity contribution in [1.29, 1.82) is 0 Å².